The molecule has 1 aromatic rings. The number of carbonyl (C=O) groups excluding carboxylic acids is 2. The first-order valence-electron chi connectivity index (χ1n) is 11.0. The van der Waals surface area contributed by atoms with Gasteiger partial charge in [0.25, 0.3) is 5.91 Å². The van der Waals surface area contributed by atoms with Crippen molar-refractivity contribution in [2.24, 2.45) is 5.16 Å². The van der Waals surface area contributed by atoms with Gasteiger partial charge in [-0.3, -0.25) is 4.79 Å². The molecule has 0 saturated heterocycles. The van der Waals surface area contributed by atoms with Crippen LogP contribution in [0.3, 0.4) is 0 Å². The smallest absolute Gasteiger partial charge is 0.338 e. The van der Waals surface area contributed by atoms with Gasteiger partial charge in [0.15, 0.2) is 6.61 Å². The van der Waals surface area contributed by atoms with Crippen molar-refractivity contribution in [3.8, 4) is 5.75 Å². The van der Waals surface area contributed by atoms with Crippen LogP contribution in [-0.2, 0) is 20.8 Å². The van der Waals surface area contributed by atoms with E-state index in [1.54, 1.807) is 17.9 Å². The Morgan fingerprint density at radius 3 is 2.72 bits per heavy atom. The summed E-state index contributed by atoms with van der Waals surface area (Å²) in [6.07, 6.45) is 15.3. The normalized spacial score (nSPS) is 20.7. The van der Waals surface area contributed by atoms with E-state index < -0.39 is 5.97 Å². The highest BCUT2D eigenvalue weighted by atomic mass is 16.6. The Labute approximate surface area is 188 Å². The summed E-state index contributed by atoms with van der Waals surface area (Å²) in [5, 5.41) is 14.3. The molecule has 0 unspecified atom stereocenters. The predicted octanol–water partition coefficient (Wildman–Crippen LogP) is 3.86. The summed E-state index contributed by atoms with van der Waals surface area (Å²) >= 11 is 0. The maximum absolute atomic E-state index is 12.7. The van der Waals surface area contributed by atoms with E-state index in [4.69, 9.17) is 9.57 Å². The molecule has 1 amide bonds. The van der Waals surface area contributed by atoms with Crippen molar-refractivity contribution in [1.82, 2.24) is 4.90 Å². The van der Waals surface area contributed by atoms with Crippen molar-refractivity contribution >= 4 is 17.6 Å². The van der Waals surface area contributed by atoms with Gasteiger partial charge in [0.1, 0.15) is 5.75 Å². The maximum atomic E-state index is 12.7. The number of benzene rings is 1. The molecule has 0 aliphatic carbocycles. The number of phenolic OH excluding ortho intramolecular Hbond substituents is 1. The molecule has 0 atom stereocenters. The van der Waals surface area contributed by atoms with E-state index in [2.05, 4.69) is 17.3 Å². The van der Waals surface area contributed by atoms with Crippen LogP contribution in [0.25, 0.3) is 0 Å². The van der Waals surface area contributed by atoms with Gasteiger partial charge < -0.3 is 19.6 Å². The highest BCUT2D eigenvalue weighted by Crippen LogP contribution is 2.24. The molecule has 1 N–H and O–H groups in total. The van der Waals surface area contributed by atoms with Crippen LogP contribution in [0.15, 0.2) is 53.7 Å². The number of esters is 1. The van der Waals surface area contributed by atoms with Gasteiger partial charge in [0.05, 0.1) is 17.9 Å². The van der Waals surface area contributed by atoms with Crippen LogP contribution in [-0.4, -0.2) is 53.9 Å². The summed E-state index contributed by atoms with van der Waals surface area (Å²) < 4.78 is 5.43. The van der Waals surface area contributed by atoms with Gasteiger partial charge in [0, 0.05) is 19.5 Å². The fourth-order valence-corrected chi connectivity index (χ4v) is 3.66. The highest BCUT2D eigenvalue weighted by molar-refractivity contribution is 6.00. The summed E-state index contributed by atoms with van der Waals surface area (Å²) in [6, 6.07) is 3.09. The average molecular weight is 439 g/mol. The molecule has 170 valence electrons. The first-order valence-corrected chi connectivity index (χ1v) is 11.0. The molecule has 0 fully saturated rings. The summed E-state index contributed by atoms with van der Waals surface area (Å²) in [5.74, 6) is -0.484. The summed E-state index contributed by atoms with van der Waals surface area (Å²) in [4.78, 5) is 32.2. The molecule has 2 heterocycles. The lowest BCUT2D eigenvalue weighted by Crippen LogP contribution is -2.36. The van der Waals surface area contributed by atoms with Gasteiger partial charge in [0.2, 0.25) is 0 Å². The van der Waals surface area contributed by atoms with Gasteiger partial charge in [-0.15, -0.1) is 0 Å². The largest absolute Gasteiger partial charge is 0.508 e. The monoisotopic (exact) mass is 438 g/mol. The SMILES string of the molecule is Cc1cc(O)cc2c1C(=O)OCC/C=C/CC/C=C/C(=N\OCC(=O)N1CC=CCC1)C2. The number of aromatic hydroxyl groups is 1. The Hall–Kier alpha value is -3.35. The first kappa shape index (κ1) is 23.3. The Morgan fingerprint density at radius 1 is 1.12 bits per heavy atom. The zero-order chi connectivity index (χ0) is 22.8. The van der Waals surface area contributed by atoms with Gasteiger partial charge >= 0.3 is 5.97 Å². The topological polar surface area (TPSA) is 88.4 Å². The molecule has 0 bridgehead atoms. The van der Waals surface area contributed by atoms with E-state index in [1.807, 2.05) is 24.3 Å². The second-order valence-electron chi connectivity index (χ2n) is 7.81. The van der Waals surface area contributed by atoms with Gasteiger partial charge in [-0.05, 0) is 61.9 Å². The Balaban J connectivity index is 1.81. The maximum Gasteiger partial charge on any atom is 0.338 e. The minimum absolute atomic E-state index is 0.0654. The lowest BCUT2D eigenvalue weighted by Gasteiger charge is -2.22. The van der Waals surface area contributed by atoms with Gasteiger partial charge in [-0.1, -0.05) is 35.5 Å². The molecule has 1 aromatic carbocycles. The van der Waals surface area contributed by atoms with Crippen molar-refractivity contribution in [3.05, 3.63) is 65.3 Å². The number of carbonyl (C=O) groups is 2. The average Bonchev–Trinajstić information content (AvgIpc) is 2.77. The number of ether oxygens (including phenoxy) is 1. The van der Waals surface area contributed by atoms with E-state index in [1.165, 1.54) is 6.07 Å². The number of oxime groups is 1. The fourth-order valence-electron chi connectivity index (χ4n) is 3.66. The fraction of sp³-hybridized carbons (Fsp3) is 0.400. The number of amides is 1. The van der Waals surface area contributed by atoms with Gasteiger partial charge in [-0.25, -0.2) is 4.79 Å². The molecule has 7 nitrogen and oxygen atoms in total. The quantitative estimate of drug-likeness (QED) is 0.440. The third-order valence-corrected chi connectivity index (χ3v) is 5.25. The molecule has 7 heteroatoms. The zero-order valence-corrected chi connectivity index (χ0v) is 18.5. The minimum Gasteiger partial charge on any atom is -0.508 e. The molecule has 0 aromatic heterocycles. The van der Waals surface area contributed by atoms with Crippen molar-refractivity contribution in [3.63, 3.8) is 0 Å². The van der Waals surface area contributed by atoms with Crippen LogP contribution in [0.2, 0.25) is 0 Å². The van der Waals surface area contributed by atoms with Gasteiger partial charge in [-0.2, -0.15) is 0 Å². The number of hydrogen-bond donors (Lipinski definition) is 1. The minimum atomic E-state index is -0.430. The number of cyclic esters (lactones) is 1. The lowest BCUT2D eigenvalue weighted by atomic mass is 9.96. The summed E-state index contributed by atoms with van der Waals surface area (Å²) in [6.45, 7) is 3.17. The summed E-state index contributed by atoms with van der Waals surface area (Å²) in [5.41, 5.74) is 2.20. The third kappa shape index (κ3) is 6.83. The molecule has 32 heavy (non-hydrogen) atoms. The number of phenols is 1. The van der Waals surface area contributed by atoms with Crippen LogP contribution in [0.1, 0.15) is 47.2 Å². The number of nitrogens with zero attached hydrogens (tertiary/aromatic N) is 2. The molecular weight excluding hydrogens is 408 g/mol. The van der Waals surface area contributed by atoms with Crippen LogP contribution >= 0.6 is 0 Å². The lowest BCUT2D eigenvalue weighted by molar-refractivity contribution is -0.135. The molecule has 0 saturated carbocycles. The molecule has 2 aliphatic heterocycles. The standard InChI is InChI=1S/C25H30N2O5/c1-19-15-22(28)17-20-16-21(26-32-18-23(29)27-12-8-6-9-13-27)11-7-4-2-3-5-10-14-31-25(30)24(19)20/h3,5-8,11,15,17,28H,2,4,9-10,12-14,16,18H2,1H3/b5-3+,11-7+,26-21+. The van der Waals surface area contributed by atoms with E-state index in [9.17, 15) is 14.7 Å². The molecule has 3 rings (SSSR count). The van der Waals surface area contributed by atoms with Crippen LogP contribution in [0.5, 0.6) is 5.75 Å². The second kappa shape index (κ2) is 11.9. The second-order valence-corrected chi connectivity index (χ2v) is 7.81. The number of aryl methyl sites for hydroxylation is 1. The van der Waals surface area contributed by atoms with Crippen molar-refractivity contribution in [1.29, 1.82) is 0 Å². The predicted molar refractivity (Wildman–Crippen MR) is 123 cm³/mol. The first-order chi connectivity index (χ1) is 15.5. The molecule has 2 aliphatic rings. The van der Waals surface area contributed by atoms with E-state index in [-0.39, 0.29) is 24.7 Å². The molecule has 0 radical (unpaired) electrons. The third-order valence-electron chi connectivity index (χ3n) is 5.25. The Kier molecular flexibility index (Phi) is 8.66. The zero-order valence-electron chi connectivity index (χ0n) is 18.5. The van der Waals surface area contributed by atoms with E-state index in [0.717, 1.165) is 19.3 Å². The van der Waals surface area contributed by atoms with E-state index >= 15 is 0 Å². The number of allylic oxidation sites excluding steroid dienone is 3. The Morgan fingerprint density at radius 2 is 1.91 bits per heavy atom. The van der Waals surface area contributed by atoms with Crippen molar-refractivity contribution in [2.75, 3.05) is 26.3 Å². The number of rotatable bonds is 3. The van der Waals surface area contributed by atoms with Crippen LogP contribution in [0.4, 0.5) is 0 Å². The number of fused-ring (bicyclic) bond motifs is 1. The Bertz CT molecular complexity index is 946. The van der Waals surface area contributed by atoms with Crippen molar-refractivity contribution in [2.45, 2.75) is 39.0 Å². The summed E-state index contributed by atoms with van der Waals surface area (Å²) in [7, 11) is 0. The van der Waals surface area contributed by atoms with Crippen LogP contribution < -0.4 is 0 Å². The van der Waals surface area contributed by atoms with Crippen LogP contribution in [0, 0.1) is 6.92 Å². The molecule has 0 spiro atoms. The van der Waals surface area contributed by atoms with Crippen molar-refractivity contribution < 1.29 is 24.3 Å². The molecular formula is C25H30N2O5. The highest BCUT2D eigenvalue weighted by Gasteiger charge is 2.19. The van der Waals surface area contributed by atoms with E-state index in [0.29, 0.717) is 48.5 Å². The number of hydrogen-bond acceptors (Lipinski definition) is 6.